The smallest absolute Gasteiger partial charge is 0.275 e. The van der Waals surface area contributed by atoms with Gasteiger partial charge in [0, 0.05) is 23.9 Å². The van der Waals surface area contributed by atoms with Crippen molar-refractivity contribution in [3.63, 3.8) is 0 Å². The zero-order valence-electron chi connectivity index (χ0n) is 10.7. The molecule has 1 aromatic heterocycles. The van der Waals surface area contributed by atoms with Crippen LogP contribution in [-0.2, 0) is 16.4 Å². The van der Waals surface area contributed by atoms with E-state index in [4.69, 9.17) is 5.73 Å². The zero-order chi connectivity index (χ0) is 14.8. The maximum Gasteiger partial charge on any atom is 0.275 e. The van der Waals surface area contributed by atoms with Gasteiger partial charge in [-0.1, -0.05) is 0 Å². The van der Waals surface area contributed by atoms with Gasteiger partial charge in [0.2, 0.25) is 0 Å². The Kier molecular flexibility index (Phi) is 4.17. The summed E-state index contributed by atoms with van der Waals surface area (Å²) < 4.78 is 22.6. The monoisotopic (exact) mass is 311 g/mol. The number of carbonyl (C=O) groups excluding carboxylic acids is 1. The number of hydrogen-bond acceptors (Lipinski definition) is 6. The molecule has 8 heteroatoms. The van der Waals surface area contributed by atoms with Crippen LogP contribution in [0.15, 0.2) is 34.5 Å². The molecule has 1 heterocycles. The van der Waals surface area contributed by atoms with Crippen molar-refractivity contribution in [2.75, 3.05) is 11.6 Å². The molecule has 0 saturated carbocycles. The molecule has 0 bridgehead atoms. The summed E-state index contributed by atoms with van der Waals surface area (Å²) in [4.78, 5) is 16.2. The van der Waals surface area contributed by atoms with E-state index in [0.29, 0.717) is 22.9 Å². The number of aromatic nitrogens is 1. The van der Waals surface area contributed by atoms with Gasteiger partial charge in [-0.2, -0.15) is 0 Å². The largest absolute Gasteiger partial charge is 0.325 e. The Hall–Kier alpha value is -1.77. The second-order valence-corrected chi connectivity index (χ2v) is 7.04. The molecule has 0 aliphatic carbocycles. The van der Waals surface area contributed by atoms with Crippen LogP contribution in [0, 0.1) is 0 Å². The van der Waals surface area contributed by atoms with Crippen molar-refractivity contribution in [2.45, 2.75) is 11.4 Å². The Labute approximate surface area is 120 Å². The first-order valence-electron chi connectivity index (χ1n) is 5.66. The Morgan fingerprint density at radius 3 is 2.50 bits per heavy atom. The number of hydrogen-bond donors (Lipinski definition) is 2. The number of nitrogens with zero attached hydrogens (tertiary/aromatic N) is 1. The lowest BCUT2D eigenvalue weighted by Gasteiger charge is -2.04. The Morgan fingerprint density at radius 1 is 1.35 bits per heavy atom. The normalized spacial score (nSPS) is 11.3. The third-order valence-corrected chi connectivity index (χ3v) is 4.50. The van der Waals surface area contributed by atoms with E-state index in [1.165, 1.54) is 35.6 Å². The Bertz CT molecular complexity index is 721. The van der Waals surface area contributed by atoms with E-state index in [1.54, 1.807) is 5.38 Å². The molecule has 1 amide bonds. The second-order valence-electron chi connectivity index (χ2n) is 4.08. The van der Waals surface area contributed by atoms with Gasteiger partial charge in [-0.05, 0) is 24.3 Å². The molecule has 0 radical (unpaired) electrons. The summed E-state index contributed by atoms with van der Waals surface area (Å²) in [5.74, 6) is -0.354. The number of sulfone groups is 1. The summed E-state index contributed by atoms with van der Waals surface area (Å²) >= 11 is 1.32. The van der Waals surface area contributed by atoms with E-state index < -0.39 is 9.84 Å². The number of carbonyl (C=O) groups is 1. The Balaban J connectivity index is 2.12. The molecule has 106 valence electrons. The third kappa shape index (κ3) is 3.41. The van der Waals surface area contributed by atoms with Crippen LogP contribution < -0.4 is 11.1 Å². The molecular formula is C12H13N3O3S2. The van der Waals surface area contributed by atoms with Crippen molar-refractivity contribution in [2.24, 2.45) is 5.73 Å². The van der Waals surface area contributed by atoms with Crippen LogP contribution >= 0.6 is 11.3 Å². The highest BCUT2D eigenvalue weighted by molar-refractivity contribution is 7.90. The van der Waals surface area contributed by atoms with Gasteiger partial charge in [-0.3, -0.25) is 4.79 Å². The van der Waals surface area contributed by atoms with Crippen LogP contribution in [0.5, 0.6) is 0 Å². The van der Waals surface area contributed by atoms with Gasteiger partial charge in [0.15, 0.2) is 9.84 Å². The fourth-order valence-corrected chi connectivity index (χ4v) is 2.77. The van der Waals surface area contributed by atoms with Gasteiger partial charge in [-0.15, -0.1) is 11.3 Å². The van der Waals surface area contributed by atoms with Crippen LogP contribution in [-0.4, -0.2) is 25.6 Å². The maximum atomic E-state index is 11.9. The summed E-state index contributed by atoms with van der Waals surface area (Å²) in [5.41, 5.74) is 6.23. The van der Waals surface area contributed by atoms with E-state index >= 15 is 0 Å². The molecule has 6 nitrogen and oxygen atoms in total. The van der Waals surface area contributed by atoms with Crippen molar-refractivity contribution in [1.29, 1.82) is 0 Å². The number of thiazole rings is 1. The third-order valence-electron chi connectivity index (χ3n) is 2.50. The second kappa shape index (κ2) is 5.70. The van der Waals surface area contributed by atoms with Gasteiger partial charge in [0.25, 0.3) is 5.91 Å². The molecule has 2 aromatic rings. The molecule has 2 rings (SSSR count). The van der Waals surface area contributed by atoms with Crippen molar-refractivity contribution in [3.8, 4) is 0 Å². The summed E-state index contributed by atoms with van der Waals surface area (Å²) in [6.45, 7) is 0.293. The van der Waals surface area contributed by atoms with Gasteiger partial charge in [0.1, 0.15) is 10.7 Å². The minimum absolute atomic E-state index is 0.203. The lowest BCUT2D eigenvalue weighted by molar-refractivity contribution is 0.102. The van der Waals surface area contributed by atoms with Crippen LogP contribution in [0.4, 0.5) is 5.69 Å². The van der Waals surface area contributed by atoms with Crippen LogP contribution in [0.2, 0.25) is 0 Å². The Morgan fingerprint density at radius 2 is 2.00 bits per heavy atom. The number of benzene rings is 1. The number of anilines is 1. The summed E-state index contributed by atoms with van der Waals surface area (Å²) in [6.07, 6.45) is 1.13. The number of nitrogens with one attached hydrogen (secondary N) is 1. The van der Waals surface area contributed by atoms with Crippen molar-refractivity contribution >= 4 is 32.8 Å². The molecule has 0 spiro atoms. The highest BCUT2D eigenvalue weighted by atomic mass is 32.2. The van der Waals surface area contributed by atoms with Gasteiger partial charge in [0.05, 0.1) is 4.90 Å². The molecule has 20 heavy (non-hydrogen) atoms. The fourth-order valence-electron chi connectivity index (χ4n) is 1.49. The fraction of sp³-hybridized carbons (Fsp3) is 0.167. The summed E-state index contributed by atoms with van der Waals surface area (Å²) in [7, 11) is -3.24. The van der Waals surface area contributed by atoms with Crippen LogP contribution in [0.25, 0.3) is 0 Å². The van der Waals surface area contributed by atoms with Gasteiger partial charge >= 0.3 is 0 Å². The quantitative estimate of drug-likeness (QED) is 0.885. The van der Waals surface area contributed by atoms with Crippen molar-refractivity contribution in [3.05, 3.63) is 40.3 Å². The van der Waals surface area contributed by atoms with E-state index in [2.05, 4.69) is 10.3 Å². The van der Waals surface area contributed by atoms with Crippen LogP contribution in [0.1, 0.15) is 15.5 Å². The standard InChI is InChI=1S/C12H13N3O3S2/c1-20(17,18)9-4-2-8(3-5-9)14-12(16)10-7-19-11(6-13)15-10/h2-5,7H,6,13H2,1H3,(H,14,16). The predicted octanol–water partition coefficient (Wildman–Crippen LogP) is 1.26. The molecule has 0 fully saturated rings. The summed E-state index contributed by atoms with van der Waals surface area (Å²) in [5, 5.41) is 4.95. The number of rotatable bonds is 4. The van der Waals surface area contributed by atoms with E-state index in [0.717, 1.165) is 6.26 Å². The molecule has 1 aromatic carbocycles. The molecule has 0 aliphatic heterocycles. The maximum absolute atomic E-state index is 11.9. The van der Waals surface area contributed by atoms with Crippen LogP contribution in [0.3, 0.4) is 0 Å². The lowest BCUT2D eigenvalue weighted by atomic mass is 10.3. The molecule has 0 atom stereocenters. The zero-order valence-corrected chi connectivity index (χ0v) is 12.3. The van der Waals surface area contributed by atoms with Crippen molar-refractivity contribution < 1.29 is 13.2 Å². The number of amides is 1. The first kappa shape index (κ1) is 14.6. The highest BCUT2D eigenvalue weighted by Crippen LogP contribution is 2.15. The van der Waals surface area contributed by atoms with Crippen molar-refractivity contribution in [1.82, 2.24) is 4.98 Å². The SMILES string of the molecule is CS(=O)(=O)c1ccc(NC(=O)c2csc(CN)n2)cc1. The lowest BCUT2D eigenvalue weighted by Crippen LogP contribution is -2.12. The molecule has 0 unspecified atom stereocenters. The minimum atomic E-state index is -3.24. The first-order valence-corrected chi connectivity index (χ1v) is 8.43. The van der Waals surface area contributed by atoms with E-state index in [1.807, 2.05) is 0 Å². The molecule has 3 N–H and O–H groups in total. The van der Waals surface area contributed by atoms with E-state index in [9.17, 15) is 13.2 Å². The highest BCUT2D eigenvalue weighted by Gasteiger charge is 2.11. The van der Waals surface area contributed by atoms with Gasteiger partial charge < -0.3 is 11.1 Å². The molecule has 0 aliphatic rings. The van der Waals surface area contributed by atoms with Gasteiger partial charge in [-0.25, -0.2) is 13.4 Å². The average molecular weight is 311 g/mol. The molecular weight excluding hydrogens is 298 g/mol. The van der Waals surface area contributed by atoms with E-state index in [-0.39, 0.29) is 10.8 Å². The average Bonchev–Trinajstić information content (AvgIpc) is 2.87. The minimum Gasteiger partial charge on any atom is -0.325 e. The molecule has 0 saturated heterocycles. The topological polar surface area (TPSA) is 102 Å². The summed E-state index contributed by atoms with van der Waals surface area (Å²) in [6, 6.07) is 5.95. The first-order chi connectivity index (χ1) is 9.40. The number of nitrogens with two attached hydrogens (primary N) is 1. The predicted molar refractivity (Wildman–Crippen MR) is 77.5 cm³/mol.